The Balaban J connectivity index is 2.42. The van der Waals surface area contributed by atoms with Gasteiger partial charge in [0.1, 0.15) is 0 Å². The van der Waals surface area contributed by atoms with Gasteiger partial charge < -0.3 is 10.1 Å². The maximum Gasteiger partial charge on any atom is 0.222 e. The van der Waals surface area contributed by atoms with Gasteiger partial charge in [-0.15, -0.1) is 0 Å². The quantitative estimate of drug-likeness (QED) is 0.800. The van der Waals surface area contributed by atoms with Crippen molar-refractivity contribution in [1.82, 2.24) is 5.32 Å². The van der Waals surface area contributed by atoms with Gasteiger partial charge in [-0.2, -0.15) is 0 Å². The van der Waals surface area contributed by atoms with Crippen molar-refractivity contribution in [3.05, 3.63) is 35.9 Å². The minimum Gasteiger partial charge on any atom is -0.384 e. The molecule has 1 aromatic carbocycles. The third kappa shape index (κ3) is 4.13. The molecule has 1 aromatic rings. The molecule has 1 amide bonds. The standard InChI is InChI=1S/C12H17NO2/c1-10(11-6-4-3-5-7-11)13-12(14)8-9-15-2/h3-7,10H,8-9H2,1-2H3,(H,13,14)/t10-/m1/s1. The lowest BCUT2D eigenvalue weighted by molar-refractivity contribution is -0.122. The van der Waals surface area contributed by atoms with Crippen LogP contribution < -0.4 is 5.32 Å². The van der Waals surface area contributed by atoms with Crippen LogP contribution in [0.4, 0.5) is 0 Å². The minimum atomic E-state index is 0.0215. The Labute approximate surface area is 90.4 Å². The Kier molecular flexibility index (Phi) is 4.84. The summed E-state index contributed by atoms with van der Waals surface area (Å²) in [5, 5.41) is 2.91. The number of hydrogen-bond acceptors (Lipinski definition) is 2. The van der Waals surface area contributed by atoms with Crippen LogP contribution >= 0.6 is 0 Å². The highest BCUT2D eigenvalue weighted by atomic mass is 16.5. The summed E-state index contributed by atoms with van der Waals surface area (Å²) < 4.78 is 4.84. The van der Waals surface area contributed by atoms with E-state index >= 15 is 0 Å². The lowest BCUT2D eigenvalue weighted by atomic mass is 10.1. The van der Waals surface area contributed by atoms with Gasteiger partial charge in [-0.1, -0.05) is 30.3 Å². The largest absolute Gasteiger partial charge is 0.384 e. The van der Waals surface area contributed by atoms with Crippen LogP contribution in [-0.2, 0) is 9.53 Å². The molecule has 0 spiro atoms. The second kappa shape index (κ2) is 6.19. The molecule has 0 saturated heterocycles. The van der Waals surface area contributed by atoms with Crippen LogP contribution in [0.3, 0.4) is 0 Å². The molecule has 0 bridgehead atoms. The molecule has 1 atom stereocenters. The molecule has 0 heterocycles. The van der Waals surface area contributed by atoms with Crippen molar-refractivity contribution in [3.8, 4) is 0 Å². The summed E-state index contributed by atoms with van der Waals surface area (Å²) in [4.78, 5) is 11.4. The smallest absolute Gasteiger partial charge is 0.222 e. The highest BCUT2D eigenvalue weighted by Crippen LogP contribution is 2.10. The van der Waals surface area contributed by atoms with Gasteiger partial charge in [0.2, 0.25) is 5.91 Å². The fourth-order valence-corrected chi connectivity index (χ4v) is 1.33. The fraction of sp³-hybridized carbons (Fsp3) is 0.417. The summed E-state index contributed by atoms with van der Waals surface area (Å²) in [6.07, 6.45) is 0.410. The van der Waals surface area contributed by atoms with E-state index in [2.05, 4.69) is 5.32 Å². The highest BCUT2D eigenvalue weighted by Gasteiger charge is 2.08. The minimum absolute atomic E-state index is 0.0215. The van der Waals surface area contributed by atoms with Crippen molar-refractivity contribution in [3.63, 3.8) is 0 Å². The molecule has 0 fully saturated rings. The summed E-state index contributed by atoms with van der Waals surface area (Å²) in [5.41, 5.74) is 1.11. The molecular weight excluding hydrogens is 190 g/mol. The lowest BCUT2D eigenvalue weighted by Crippen LogP contribution is -2.27. The van der Waals surface area contributed by atoms with Crippen molar-refractivity contribution in [1.29, 1.82) is 0 Å². The van der Waals surface area contributed by atoms with Crippen LogP contribution in [0.15, 0.2) is 30.3 Å². The normalized spacial score (nSPS) is 12.1. The Bertz CT molecular complexity index is 298. The summed E-state index contributed by atoms with van der Waals surface area (Å²) in [6.45, 7) is 2.44. The van der Waals surface area contributed by atoms with Gasteiger partial charge >= 0.3 is 0 Å². The third-order valence-electron chi connectivity index (χ3n) is 2.21. The Hall–Kier alpha value is -1.35. The predicted octanol–water partition coefficient (Wildman–Crippen LogP) is 1.90. The highest BCUT2D eigenvalue weighted by molar-refractivity contribution is 5.76. The average Bonchev–Trinajstić information content (AvgIpc) is 2.27. The zero-order valence-corrected chi connectivity index (χ0v) is 9.19. The molecule has 3 heteroatoms. The molecule has 82 valence electrons. The second-order valence-electron chi connectivity index (χ2n) is 3.44. The SMILES string of the molecule is COCCC(=O)N[C@H](C)c1ccccc1. The predicted molar refractivity (Wildman–Crippen MR) is 59.5 cm³/mol. The van der Waals surface area contributed by atoms with E-state index in [1.165, 1.54) is 0 Å². The number of amides is 1. The van der Waals surface area contributed by atoms with Crippen molar-refractivity contribution in [2.45, 2.75) is 19.4 Å². The van der Waals surface area contributed by atoms with Gasteiger partial charge in [-0.3, -0.25) is 4.79 Å². The number of nitrogens with one attached hydrogen (secondary N) is 1. The van der Waals surface area contributed by atoms with Gasteiger partial charge in [-0.25, -0.2) is 0 Å². The van der Waals surface area contributed by atoms with Gasteiger partial charge in [0.15, 0.2) is 0 Å². The molecule has 15 heavy (non-hydrogen) atoms. The first kappa shape index (κ1) is 11.7. The maximum atomic E-state index is 11.4. The maximum absolute atomic E-state index is 11.4. The summed E-state index contributed by atoms with van der Waals surface area (Å²) >= 11 is 0. The number of benzene rings is 1. The summed E-state index contributed by atoms with van der Waals surface area (Å²) in [6, 6.07) is 9.95. The number of carbonyl (C=O) groups is 1. The topological polar surface area (TPSA) is 38.3 Å². The summed E-state index contributed by atoms with van der Waals surface area (Å²) in [5.74, 6) is 0.0215. The van der Waals surface area contributed by atoms with E-state index in [1.807, 2.05) is 37.3 Å². The molecule has 0 aliphatic rings. The molecule has 0 aromatic heterocycles. The average molecular weight is 207 g/mol. The van der Waals surface area contributed by atoms with E-state index in [0.29, 0.717) is 13.0 Å². The van der Waals surface area contributed by atoms with E-state index in [1.54, 1.807) is 7.11 Å². The van der Waals surface area contributed by atoms with Crippen LogP contribution in [0.5, 0.6) is 0 Å². The van der Waals surface area contributed by atoms with Crippen LogP contribution in [0.1, 0.15) is 24.9 Å². The number of ether oxygens (including phenoxy) is 1. The van der Waals surface area contributed by atoms with Crippen LogP contribution in [0, 0.1) is 0 Å². The van der Waals surface area contributed by atoms with Crippen LogP contribution in [0.2, 0.25) is 0 Å². The van der Waals surface area contributed by atoms with E-state index in [0.717, 1.165) is 5.56 Å². The first-order valence-corrected chi connectivity index (χ1v) is 5.07. The number of rotatable bonds is 5. The van der Waals surface area contributed by atoms with Crippen LogP contribution in [0.25, 0.3) is 0 Å². The Morgan fingerprint density at radius 3 is 2.67 bits per heavy atom. The summed E-state index contributed by atoms with van der Waals surface area (Å²) in [7, 11) is 1.59. The lowest BCUT2D eigenvalue weighted by Gasteiger charge is -2.13. The zero-order chi connectivity index (χ0) is 11.1. The van der Waals surface area contributed by atoms with E-state index in [-0.39, 0.29) is 11.9 Å². The van der Waals surface area contributed by atoms with Crippen molar-refractivity contribution in [2.24, 2.45) is 0 Å². The van der Waals surface area contributed by atoms with Crippen molar-refractivity contribution < 1.29 is 9.53 Å². The number of carbonyl (C=O) groups excluding carboxylic acids is 1. The Morgan fingerprint density at radius 2 is 2.07 bits per heavy atom. The first-order valence-electron chi connectivity index (χ1n) is 5.07. The fourth-order valence-electron chi connectivity index (χ4n) is 1.33. The molecule has 0 aliphatic carbocycles. The molecule has 1 rings (SSSR count). The number of hydrogen-bond donors (Lipinski definition) is 1. The van der Waals surface area contributed by atoms with Crippen molar-refractivity contribution >= 4 is 5.91 Å². The van der Waals surface area contributed by atoms with E-state index < -0.39 is 0 Å². The number of methoxy groups -OCH3 is 1. The van der Waals surface area contributed by atoms with Crippen LogP contribution in [-0.4, -0.2) is 19.6 Å². The molecule has 0 saturated carbocycles. The van der Waals surface area contributed by atoms with Crippen molar-refractivity contribution in [2.75, 3.05) is 13.7 Å². The molecule has 0 aliphatic heterocycles. The van der Waals surface area contributed by atoms with Gasteiger partial charge in [0.25, 0.3) is 0 Å². The van der Waals surface area contributed by atoms with E-state index in [4.69, 9.17) is 4.74 Å². The molecule has 0 unspecified atom stereocenters. The second-order valence-corrected chi connectivity index (χ2v) is 3.44. The molecular formula is C12H17NO2. The van der Waals surface area contributed by atoms with Gasteiger partial charge in [0, 0.05) is 13.5 Å². The monoisotopic (exact) mass is 207 g/mol. The van der Waals surface area contributed by atoms with E-state index in [9.17, 15) is 4.79 Å². The molecule has 1 N–H and O–H groups in total. The molecule has 3 nitrogen and oxygen atoms in total. The third-order valence-corrected chi connectivity index (χ3v) is 2.21. The zero-order valence-electron chi connectivity index (χ0n) is 9.19. The Morgan fingerprint density at radius 1 is 1.40 bits per heavy atom. The first-order chi connectivity index (χ1) is 7.24. The molecule has 0 radical (unpaired) electrons. The van der Waals surface area contributed by atoms with Gasteiger partial charge in [0.05, 0.1) is 12.6 Å². The van der Waals surface area contributed by atoms with Gasteiger partial charge in [-0.05, 0) is 12.5 Å².